The second kappa shape index (κ2) is 6.75. The zero-order chi connectivity index (χ0) is 14.4. The van der Waals surface area contributed by atoms with E-state index in [2.05, 4.69) is 14.8 Å². The molecule has 0 atom stereocenters. The van der Waals surface area contributed by atoms with E-state index < -0.39 is 17.8 Å². The van der Waals surface area contributed by atoms with Gasteiger partial charge in [-0.15, -0.1) is 0 Å². The van der Waals surface area contributed by atoms with E-state index in [4.69, 9.17) is 11.6 Å². The van der Waals surface area contributed by atoms with Gasteiger partial charge in [0.05, 0.1) is 24.4 Å². The zero-order valence-electron chi connectivity index (χ0n) is 10.4. The van der Waals surface area contributed by atoms with Crippen molar-refractivity contribution in [2.24, 2.45) is 0 Å². The smallest absolute Gasteiger partial charge is 0.397 e. The number of anilines is 1. The van der Waals surface area contributed by atoms with Crippen LogP contribution in [0.15, 0.2) is 18.2 Å². The van der Waals surface area contributed by atoms with Crippen LogP contribution < -0.4 is 5.32 Å². The Bertz CT molecular complexity index is 515. The number of carbonyl (C=O) groups excluding carboxylic acids is 3. The van der Waals surface area contributed by atoms with E-state index in [1.165, 1.54) is 25.3 Å². The Balaban J connectivity index is 3.01. The summed E-state index contributed by atoms with van der Waals surface area (Å²) in [5, 5.41) is 2.36. The van der Waals surface area contributed by atoms with Crippen molar-refractivity contribution in [3.63, 3.8) is 0 Å². The Hall–Kier alpha value is -2.08. The zero-order valence-corrected chi connectivity index (χ0v) is 11.1. The number of esters is 2. The highest BCUT2D eigenvalue weighted by Crippen LogP contribution is 2.25. The first-order chi connectivity index (χ1) is 9.01. The number of ether oxygens (including phenoxy) is 2. The van der Waals surface area contributed by atoms with Crippen molar-refractivity contribution < 1.29 is 23.9 Å². The monoisotopic (exact) mass is 285 g/mol. The van der Waals surface area contributed by atoms with Crippen molar-refractivity contribution in [2.75, 3.05) is 19.0 Å². The Morgan fingerprint density at radius 1 is 1.32 bits per heavy atom. The van der Waals surface area contributed by atoms with E-state index in [0.29, 0.717) is 0 Å². The fraction of sp³-hybridized carbons (Fsp3) is 0.250. The van der Waals surface area contributed by atoms with Crippen LogP contribution in [0, 0.1) is 0 Å². The van der Waals surface area contributed by atoms with Crippen molar-refractivity contribution in [3.8, 4) is 0 Å². The number of benzene rings is 1. The van der Waals surface area contributed by atoms with Gasteiger partial charge in [-0.05, 0) is 19.1 Å². The average Bonchev–Trinajstić information content (AvgIpc) is 2.38. The Morgan fingerprint density at radius 3 is 2.58 bits per heavy atom. The van der Waals surface area contributed by atoms with Gasteiger partial charge in [-0.25, -0.2) is 9.59 Å². The lowest BCUT2D eigenvalue weighted by atomic mass is 10.1. The molecule has 0 aliphatic carbocycles. The second-order valence-corrected chi connectivity index (χ2v) is 3.74. The molecule has 0 spiro atoms. The molecule has 1 rings (SSSR count). The summed E-state index contributed by atoms with van der Waals surface area (Å²) in [6, 6.07) is 4.42. The molecule has 0 saturated carbocycles. The molecule has 0 radical (unpaired) electrons. The fourth-order valence-corrected chi connectivity index (χ4v) is 1.56. The minimum absolute atomic E-state index is 0.0238. The van der Waals surface area contributed by atoms with Gasteiger partial charge in [-0.1, -0.05) is 17.7 Å². The number of carbonyl (C=O) groups is 3. The molecule has 0 fully saturated rings. The van der Waals surface area contributed by atoms with Crippen LogP contribution in [0.3, 0.4) is 0 Å². The molecule has 0 heterocycles. The normalized spacial score (nSPS) is 9.63. The number of rotatable bonds is 3. The molecule has 19 heavy (non-hydrogen) atoms. The minimum Gasteiger partial charge on any atom is -0.465 e. The second-order valence-electron chi connectivity index (χ2n) is 3.33. The third-order valence-corrected chi connectivity index (χ3v) is 2.43. The van der Waals surface area contributed by atoms with E-state index in [1.54, 1.807) is 6.92 Å². The lowest BCUT2D eigenvalue weighted by Gasteiger charge is -2.10. The molecule has 0 bridgehead atoms. The first-order valence-electron chi connectivity index (χ1n) is 5.36. The Morgan fingerprint density at radius 2 is 2.00 bits per heavy atom. The first kappa shape index (κ1) is 15.0. The van der Waals surface area contributed by atoms with Crippen molar-refractivity contribution in [1.29, 1.82) is 0 Å². The summed E-state index contributed by atoms with van der Waals surface area (Å²) >= 11 is 5.86. The quantitative estimate of drug-likeness (QED) is 0.674. The maximum absolute atomic E-state index is 11.6. The number of nitrogens with one attached hydrogen (secondary N) is 1. The minimum atomic E-state index is -1.04. The van der Waals surface area contributed by atoms with Gasteiger partial charge in [0.25, 0.3) is 0 Å². The van der Waals surface area contributed by atoms with Crippen LogP contribution in [0.2, 0.25) is 5.02 Å². The van der Waals surface area contributed by atoms with Crippen LogP contribution in [0.5, 0.6) is 0 Å². The van der Waals surface area contributed by atoms with Gasteiger partial charge in [0, 0.05) is 0 Å². The maximum Gasteiger partial charge on any atom is 0.397 e. The summed E-state index contributed by atoms with van der Waals surface area (Å²) in [4.78, 5) is 34.3. The van der Waals surface area contributed by atoms with Crippen molar-refractivity contribution >= 4 is 35.1 Å². The first-order valence-corrected chi connectivity index (χ1v) is 5.74. The average molecular weight is 286 g/mol. The van der Waals surface area contributed by atoms with Gasteiger partial charge in [0.1, 0.15) is 5.56 Å². The van der Waals surface area contributed by atoms with Crippen LogP contribution in [-0.2, 0) is 19.1 Å². The van der Waals surface area contributed by atoms with Gasteiger partial charge in [-0.3, -0.25) is 4.79 Å². The summed E-state index contributed by atoms with van der Waals surface area (Å²) in [5.41, 5.74) is 0.0571. The summed E-state index contributed by atoms with van der Waals surface area (Å²) in [6.45, 7) is 1.65. The van der Waals surface area contributed by atoms with Crippen molar-refractivity contribution in [3.05, 3.63) is 28.8 Å². The SMILES string of the molecule is CCOC(=O)C(=O)Nc1cccc(Cl)c1C(=O)OC. The maximum atomic E-state index is 11.6. The third kappa shape index (κ3) is 3.69. The molecule has 1 N–H and O–H groups in total. The van der Waals surface area contributed by atoms with Gasteiger partial charge in [-0.2, -0.15) is 0 Å². The van der Waals surface area contributed by atoms with Gasteiger partial charge >= 0.3 is 17.8 Å². The molecule has 1 aromatic carbocycles. The molecule has 0 aromatic heterocycles. The molecule has 102 valence electrons. The highest BCUT2D eigenvalue weighted by atomic mass is 35.5. The Labute approximate surface area is 114 Å². The van der Waals surface area contributed by atoms with E-state index >= 15 is 0 Å². The third-order valence-electron chi connectivity index (χ3n) is 2.11. The number of hydrogen-bond donors (Lipinski definition) is 1. The van der Waals surface area contributed by atoms with Crippen molar-refractivity contribution in [2.45, 2.75) is 6.92 Å². The van der Waals surface area contributed by atoms with Crippen LogP contribution >= 0.6 is 11.6 Å². The molecule has 0 saturated heterocycles. The standard InChI is InChI=1S/C12H12ClNO5/c1-3-19-12(17)10(15)14-8-6-4-5-7(13)9(8)11(16)18-2/h4-6H,3H2,1-2H3,(H,14,15). The van der Waals surface area contributed by atoms with E-state index in [9.17, 15) is 14.4 Å². The molecular formula is C12H12ClNO5. The summed E-state index contributed by atoms with van der Waals surface area (Å²) in [5.74, 6) is -2.75. The number of halogens is 1. The lowest BCUT2D eigenvalue weighted by Crippen LogP contribution is -2.26. The molecular weight excluding hydrogens is 274 g/mol. The molecule has 6 nitrogen and oxygen atoms in total. The Kier molecular flexibility index (Phi) is 5.32. The highest BCUT2D eigenvalue weighted by Gasteiger charge is 2.21. The van der Waals surface area contributed by atoms with Crippen molar-refractivity contribution in [1.82, 2.24) is 0 Å². The number of methoxy groups -OCH3 is 1. The summed E-state index contributed by atoms with van der Waals surface area (Å²) in [6.07, 6.45) is 0. The molecule has 0 unspecified atom stereocenters. The molecule has 0 aliphatic heterocycles. The fourth-order valence-electron chi connectivity index (χ4n) is 1.31. The number of hydrogen-bond acceptors (Lipinski definition) is 5. The largest absolute Gasteiger partial charge is 0.465 e. The van der Waals surface area contributed by atoms with Crippen LogP contribution in [0.25, 0.3) is 0 Å². The topological polar surface area (TPSA) is 81.7 Å². The summed E-state index contributed by atoms with van der Waals surface area (Å²) in [7, 11) is 1.18. The number of amides is 1. The van der Waals surface area contributed by atoms with Gasteiger partial charge in [0.15, 0.2) is 0 Å². The highest BCUT2D eigenvalue weighted by molar-refractivity contribution is 6.38. The molecule has 0 aliphatic rings. The summed E-state index contributed by atoms with van der Waals surface area (Å²) < 4.78 is 9.09. The molecule has 7 heteroatoms. The lowest BCUT2D eigenvalue weighted by molar-refractivity contribution is -0.152. The predicted molar refractivity (Wildman–Crippen MR) is 68.1 cm³/mol. The van der Waals surface area contributed by atoms with Crippen LogP contribution in [-0.4, -0.2) is 31.6 Å². The molecule has 1 aromatic rings. The van der Waals surface area contributed by atoms with Crippen LogP contribution in [0.1, 0.15) is 17.3 Å². The molecule has 1 amide bonds. The van der Waals surface area contributed by atoms with E-state index in [0.717, 1.165) is 0 Å². The predicted octanol–water partition coefficient (Wildman–Crippen LogP) is 1.63. The van der Waals surface area contributed by atoms with E-state index in [1.807, 2.05) is 0 Å². The van der Waals surface area contributed by atoms with E-state index in [-0.39, 0.29) is 22.9 Å². The van der Waals surface area contributed by atoms with Gasteiger partial charge < -0.3 is 14.8 Å². The van der Waals surface area contributed by atoms with Gasteiger partial charge in [0.2, 0.25) is 0 Å². The van der Waals surface area contributed by atoms with Crippen LogP contribution in [0.4, 0.5) is 5.69 Å².